The van der Waals surface area contributed by atoms with E-state index in [1.165, 1.54) is 20.9 Å². The van der Waals surface area contributed by atoms with Gasteiger partial charge >= 0.3 is 0 Å². The molecule has 20 heavy (non-hydrogen) atoms. The lowest BCUT2D eigenvalue weighted by atomic mass is 10.1. The monoisotopic (exact) mass is 256 g/mol. The van der Waals surface area contributed by atoms with Gasteiger partial charge in [0.15, 0.2) is 0 Å². The fourth-order valence-electron chi connectivity index (χ4n) is 2.36. The Kier molecular flexibility index (Phi) is 3.22. The molecule has 0 spiro atoms. The maximum Gasteiger partial charge on any atom is -0.0105 e. The van der Waals surface area contributed by atoms with Crippen LogP contribution in [0.5, 0.6) is 0 Å². The molecule has 0 nitrogen and oxygen atoms in total. The van der Waals surface area contributed by atoms with Crippen molar-refractivity contribution < 1.29 is 0 Å². The molecule has 0 saturated carbocycles. The molecule has 0 aliphatic heterocycles. The van der Waals surface area contributed by atoms with E-state index in [1.807, 2.05) is 24.3 Å². The van der Waals surface area contributed by atoms with Crippen LogP contribution in [0.4, 0.5) is 0 Å². The largest absolute Gasteiger partial charge is 0.0918 e. The highest BCUT2D eigenvalue weighted by Gasteiger charge is 1.88. The summed E-state index contributed by atoms with van der Waals surface area (Å²) < 4.78 is 0. The SMILES string of the molecule is C=c1ccc(=c2ccccc2=c2ccc(=C)cc2)cc1. The van der Waals surface area contributed by atoms with Gasteiger partial charge in [-0.2, -0.15) is 0 Å². The van der Waals surface area contributed by atoms with Gasteiger partial charge in [0.05, 0.1) is 0 Å². The Balaban J connectivity index is 2.60. The lowest BCUT2D eigenvalue weighted by Crippen LogP contribution is -1.93. The van der Waals surface area contributed by atoms with Crippen molar-refractivity contribution in [1.82, 2.24) is 0 Å². The zero-order chi connectivity index (χ0) is 13.9. The Labute approximate surface area is 118 Å². The third kappa shape index (κ3) is 2.41. The van der Waals surface area contributed by atoms with Gasteiger partial charge in [-0.05, 0) is 31.3 Å². The summed E-state index contributed by atoms with van der Waals surface area (Å²) in [5, 5.41) is 6.98. The van der Waals surface area contributed by atoms with Crippen LogP contribution in [0.25, 0.3) is 13.2 Å². The summed E-state index contributed by atoms with van der Waals surface area (Å²) in [6, 6.07) is 25.1. The van der Waals surface area contributed by atoms with Gasteiger partial charge in [-0.3, -0.25) is 0 Å². The minimum absolute atomic E-state index is 1.03. The highest BCUT2D eigenvalue weighted by atomic mass is 13.9. The molecule has 3 aromatic carbocycles. The summed E-state index contributed by atoms with van der Waals surface area (Å²) in [4.78, 5) is 0. The molecule has 0 unspecified atom stereocenters. The summed E-state index contributed by atoms with van der Waals surface area (Å²) in [5.74, 6) is 0. The van der Waals surface area contributed by atoms with Crippen molar-refractivity contribution >= 4 is 13.2 Å². The van der Waals surface area contributed by atoms with Crippen LogP contribution in [0, 0.1) is 20.9 Å². The topological polar surface area (TPSA) is 0 Å². The zero-order valence-corrected chi connectivity index (χ0v) is 11.3. The van der Waals surface area contributed by atoms with E-state index in [0.717, 1.165) is 10.4 Å². The van der Waals surface area contributed by atoms with Crippen LogP contribution >= 0.6 is 0 Å². The highest BCUT2D eigenvalue weighted by molar-refractivity contribution is 5.22. The molecule has 0 bridgehead atoms. The van der Waals surface area contributed by atoms with Gasteiger partial charge in [-0.1, -0.05) is 86.0 Å². The zero-order valence-electron chi connectivity index (χ0n) is 11.3. The van der Waals surface area contributed by atoms with E-state index in [1.54, 1.807) is 0 Å². The van der Waals surface area contributed by atoms with Crippen LogP contribution in [0.15, 0.2) is 72.8 Å². The Hall–Kier alpha value is -2.60. The highest BCUT2D eigenvalue weighted by Crippen LogP contribution is 2.01. The Bertz CT molecular complexity index is 897. The smallest absolute Gasteiger partial charge is 0.0105 e. The first-order valence-electron chi connectivity index (χ1n) is 6.68. The molecule has 0 heterocycles. The molecule has 0 radical (unpaired) electrons. The van der Waals surface area contributed by atoms with Crippen molar-refractivity contribution in [1.29, 1.82) is 0 Å². The summed E-state index contributed by atoms with van der Waals surface area (Å²) in [7, 11) is 0. The quantitative estimate of drug-likeness (QED) is 0.580. The van der Waals surface area contributed by atoms with Gasteiger partial charge in [0.25, 0.3) is 0 Å². The molecule has 0 aromatic heterocycles. The van der Waals surface area contributed by atoms with Gasteiger partial charge in [0.1, 0.15) is 0 Å². The van der Waals surface area contributed by atoms with E-state index in [-0.39, 0.29) is 0 Å². The average molecular weight is 256 g/mol. The molecule has 96 valence electrons. The minimum Gasteiger partial charge on any atom is -0.0918 e. The lowest BCUT2D eigenvalue weighted by Gasteiger charge is -1.94. The summed E-state index contributed by atoms with van der Waals surface area (Å²) in [6.07, 6.45) is 0. The van der Waals surface area contributed by atoms with Crippen molar-refractivity contribution in [2.75, 3.05) is 0 Å². The molecule has 3 rings (SSSR count). The third-order valence-corrected chi connectivity index (χ3v) is 3.46. The van der Waals surface area contributed by atoms with E-state index in [2.05, 4.69) is 61.7 Å². The molecule has 0 N–H and O–H groups in total. The predicted octanol–water partition coefficient (Wildman–Crippen LogP) is 3.08. The first-order valence-corrected chi connectivity index (χ1v) is 6.68. The molecule has 0 atom stereocenters. The summed E-state index contributed by atoms with van der Waals surface area (Å²) >= 11 is 0. The second kappa shape index (κ2) is 5.18. The van der Waals surface area contributed by atoms with Crippen LogP contribution in [-0.4, -0.2) is 0 Å². The summed E-state index contributed by atoms with van der Waals surface area (Å²) in [5.41, 5.74) is 0. The fourth-order valence-corrected chi connectivity index (χ4v) is 2.36. The van der Waals surface area contributed by atoms with E-state index in [0.29, 0.717) is 0 Å². The van der Waals surface area contributed by atoms with Crippen molar-refractivity contribution in [3.63, 3.8) is 0 Å². The van der Waals surface area contributed by atoms with E-state index in [4.69, 9.17) is 0 Å². The fraction of sp³-hybridized carbons (Fsp3) is 0. The van der Waals surface area contributed by atoms with Crippen molar-refractivity contribution in [2.45, 2.75) is 0 Å². The Morgan fingerprint density at radius 3 is 1.15 bits per heavy atom. The molecule has 0 saturated heterocycles. The molecule has 0 aliphatic rings. The molecule has 0 heteroatoms. The van der Waals surface area contributed by atoms with E-state index in [9.17, 15) is 0 Å². The molecular formula is C20H16. The molecule has 0 fully saturated rings. The predicted molar refractivity (Wildman–Crippen MR) is 85.0 cm³/mol. The van der Waals surface area contributed by atoms with Crippen molar-refractivity contribution in [2.24, 2.45) is 0 Å². The molecule has 0 amide bonds. The van der Waals surface area contributed by atoms with Crippen LogP contribution in [0.2, 0.25) is 0 Å². The Morgan fingerprint density at radius 2 is 0.800 bits per heavy atom. The summed E-state index contributed by atoms with van der Waals surface area (Å²) in [6.45, 7) is 7.88. The van der Waals surface area contributed by atoms with Gasteiger partial charge in [-0.15, -0.1) is 0 Å². The van der Waals surface area contributed by atoms with Crippen molar-refractivity contribution in [3.8, 4) is 0 Å². The van der Waals surface area contributed by atoms with Crippen LogP contribution in [0.1, 0.15) is 0 Å². The van der Waals surface area contributed by atoms with Crippen LogP contribution < -0.4 is 10.4 Å². The number of hydrogen-bond acceptors (Lipinski definition) is 0. The van der Waals surface area contributed by atoms with Gasteiger partial charge in [-0.25, -0.2) is 0 Å². The van der Waals surface area contributed by atoms with Crippen LogP contribution in [-0.2, 0) is 0 Å². The van der Waals surface area contributed by atoms with E-state index < -0.39 is 0 Å². The maximum atomic E-state index is 3.94. The first-order chi connectivity index (χ1) is 9.74. The number of rotatable bonds is 0. The van der Waals surface area contributed by atoms with Crippen LogP contribution in [0.3, 0.4) is 0 Å². The molecule has 0 aliphatic carbocycles. The van der Waals surface area contributed by atoms with Crippen molar-refractivity contribution in [3.05, 3.63) is 104 Å². The lowest BCUT2D eigenvalue weighted by molar-refractivity contribution is 1.38. The standard InChI is InChI=1S/C20H16/c1-15-7-11-17(12-8-15)19-5-3-4-6-20(19)18-13-9-16(2)10-14-18/h3-14H,1-2H2. The maximum absolute atomic E-state index is 3.94. The number of benzene rings is 3. The number of hydrogen-bond donors (Lipinski definition) is 0. The van der Waals surface area contributed by atoms with Gasteiger partial charge < -0.3 is 0 Å². The third-order valence-electron chi connectivity index (χ3n) is 3.46. The first kappa shape index (κ1) is 12.4. The molecule has 3 aromatic rings. The average Bonchev–Trinajstić information content (AvgIpc) is 2.49. The van der Waals surface area contributed by atoms with Gasteiger partial charge in [0.2, 0.25) is 0 Å². The van der Waals surface area contributed by atoms with E-state index >= 15 is 0 Å². The second-order valence-electron chi connectivity index (χ2n) is 4.94. The minimum atomic E-state index is 1.03. The second-order valence-corrected chi connectivity index (χ2v) is 4.94. The van der Waals surface area contributed by atoms with Gasteiger partial charge in [0, 0.05) is 0 Å². The Morgan fingerprint density at radius 1 is 0.450 bits per heavy atom. The molecular weight excluding hydrogens is 240 g/mol. The normalized spacial score (nSPS) is 10.4.